The molecule has 0 saturated heterocycles. The van der Waals surface area contributed by atoms with Crippen molar-refractivity contribution in [1.82, 2.24) is 14.8 Å². The van der Waals surface area contributed by atoms with Crippen LogP contribution in [0.5, 0.6) is 0 Å². The van der Waals surface area contributed by atoms with Gasteiger partial charge in [-0.3, -0.25) is 4.79 Å². The zero-order valence-corrected chi connectivity index (χ0v) is 13.3. The van der Waals surface area contributed by atoms with Gasteiger partial charge >= 0.3 is 5.97 Å². The van der Waals surface area contributed by atoms with Crippen molar-refractivity contribution in [3.05, 3.63) is 28.2 Å². The van der Waals surface area contributed by atoms with E-state index in [1.165, 1.54) is 16.6 Å². The van der Waals surface area contributed by atoms with Crippen LogP contribution in [0.3, 0.4) is 0 Å². The van der Waals surface area contributed by atoms with E-state index in [0.717, 1.165) is 12.2 Å². The van der Waals surface area contributed by atoms with E-state index >= 15 is 0 Å². The second-order valence-electron chi connectivity index (χ2n) is 5.34. The molecule has 7 heteroatoms. The van der Waals surface area contributed by atoms with Crippen molar-refractivity contribution in [1.29, 1.82) is 0 Å². The highest BCUT2D eigenvalue weighted by Gasteiger charge is 2.24. The van der Waals surface area contributed by atoms with E-state index in [1.54, 1.807) is 11.3 Å². The van der Waals surface area contributed by atoms with Crippen LogP contribution in [0.4, 0.5) is 0 Å². The highest BCUT2D eigenvalue weighted by Crippen LogP contribution is 2.27. The number of carboxylic acid groups (broad SMARTS) is 1. The van der Waals surface area contributed by atoms with Gasteiger partial charge in [0.2, 0.25) is 0 Å². The van der Waals surface area contributed by atoms with Gasteiger partial charge in [0.25, 0.3) is 0 Å². The highest BCUT2D eigenvalue weighted by molar-refractivity contribution is 7.99. The zero-order valence-electron chi connectivity index (χ0n) is 11.7. The molecule has 2 aromatic rings. The first-order valence-corrected chi connectivity index (χ1v) is 8.06. The Morgan fingerprint density at radius 2 is 2.20 bits per heavy atom. The number of nitrogens with zero attached hydrogens (tertiary/aromatic N) is 3. The molecule has 20 heavy (non-hydrogen) atoms. The standard InChI is InChI=1S/C13H17N3O2S2/c1-13(2,3)16-10(7-9-5-4-6-19-9)14-15-12(16)20-8-11(17)18/h4-6H,7-8H2,1-3H3,(H,17,18). The predicted molar refractivity (Wildman–Crippen MR) is 80.5 cm³/mol. The third kappa shape index (κ3) is 3.61. The second-order valence-corrected chi connectivity index (χ2v) is 7.32. The molecule has 0 aliphatic heterocycles. The Bertz CT molecular complexity index is 585. The van der Waals surface area contributed by atoms with Gasteiger partial charge in [0.15, 0.2) is 5.16 Å². The van der Waals surface area contributed by atoms with Crippen LogP contribution in [0.15, 0.2) is 22.7 Å². The molecule has 0 aliphatic carbocycles. The summed E-state index contributed by atoms with van der Waals surface area (Å²) in [6.45, 7) is 6.21. The molecule has 2 heterocycles. The summed E-state index contributed by atoms with van der Waals surface area (Å²) in [6.07, 6.45) is 0.718. The van der Waals surface area contributed by atoms with E-state index in [1.807, 2.05) is 16.0 Å². The van der Waals surface area contributed by atoms with Gasteiger partial charge in [-0.05, 0) is 32.2 Å². The first-order chi connectivity index (χ1) is 9.38. The Kier molecular flexibility index (Phi) is 4.49. The van der Waals surface area contributed by atoms with E-state index in [0.29, 0.717) is 5.16 Å². The third-order valence-corrected chi connectivity index (χ3v) is 4.40. The van der Waals surface area contributed by atoms with Crippen molar-refractivity contribution in [2.75, 3.05) is 5.75 Å². The summed E-state index contributed by atoms with van der Waals surface area (Å²) >= 11 is 2.89. The number of aromatic nitrogens is 3. The van der Waals surface area contributed by atoms with Gasteiger partial charge in [0, 0.05) is 16.8 Å². The van der Waals surface area contributed by atoms with Crippen LogP contribution in [0.2, 0.25) is 0 Å². The minimum Gasteiger partial charge on any atom is -0.481 e. The SMILES string of the molecule is CC(C)(C)n1c(Cc2cccs2)nnc1SCC(=O)O. The smallest absolute Gasteiger partial charge is 0.313 e. The van der Waals surface area contributed by atoms with E-state index in [2.05, 4.69) is 37.0 Å². The molecule has 0 fully saturated rings. The molecule has 0 spiro atoms. The number of carboxylic acids is 1. The fourth-order valence-electron chi connectivity index (χ4n) is 1.88. The first kappa shape index (κ1) is 15.1. The third-order valence-electron chi connectivity index (χ3n) is 2.61. The number of carbonyl (C=O) groups is 1. The van der Waals surface area contributed by atoms with Crippen LogP contribution in [-0.4, -0.2) is 31.6 Å². The summed E-state index contributed by atoms with van der Waals surface area (Å²) in [4.78, 5) is 11.9. The Morgan fingerprint density at radius 1 is 1.45 bits per heavy atom. The fourth-order valence-corrected chi connectivity index (χ4v) is 3.44. The minimum absolute atomic E-state index is 0.00673. The Hall–Kier alpha value is -1.34. The molecule has 1 N–H and O–H groups in total. The second kappa shape index (κ2) is 5.97. The lowest BCUT2D eigenvalue weighted by Crippen LogP contribution is -2.25. The van der Waals surface area contributed by atoms with Crippen LogP contribution < -0.4 is 0 Å². The van der Waals surface area contributed by atoms with Gasteiger partial charge in [-0.25, -0.2) is 0 Å². The maximum atomic E-state index is 10.7. The minimum atomic E-state index is -0.849. The van der Waals surface area contributed by atoms with Gasteiger partial charge in [0.1, 0.15) is 5.82 Å². The van der Waals surface area contributed by atoms with Crippen molar-refractivity contribution in [3.8, 4) is 0 Å². The molecular weight excluding hydrogens is 294 g/mol. The number of hydrogen-bond donors (Lipinski definition) is 1. The van der Waals surface area contributed by atoms with Crippen LogP contribution >= 0.6 is 23.1 Å². The molecule has 0 amide bonds. The number of aliphatic carboxylic acids is 1. The Labute approximate surface area is 126 Å². The maximum absolute atomic E-state index is 10.7. The van der Waals surface area contributed by atoms with Gasteiger partial charge in [-0.15, -0.1) is 21.5 Å². The predicted octanol–water partition coefficient (Wildman–Crippen LogP) is 2.86. The number of thiophene rings is 1. The van der Waals surface area contributed by atoms with Crippen molar-refractivity contribution in [2.45, 2.75) is 37.9 Å². The number of thioether (sulfide) groups is 1. The lowest BCUT2D eigenvalue weighted by Gasteiger charge is -2.24. The highest BCUT2D eigenvalue weighted by atomic mass is 32.2. The molecule has 0 aromatic carbocycles. The molecule has 5 nitrogen and oxygen atoms in total. The van der Waals surface area contributed by atoms with E-state index < -0.39 is 5.97 Å². The van der Waals surface area contributed by atoms with Gasteiger partial charge in [-0.1, -0.05) is 17.8 Å². The molecular formula is C13H17N3O2S2. The van der Waals surface area contributed by atoms with E-state index in [9.17, 15) is 4.79 Å². The number of rotatable bonds is 5. The van der Waals surface area contributed by atoms with Crippen LogP contribution in [0.1, 0.15) is 31.5 Å². The summed E-state index contributed by atoms with van der Waals surface area (Å²) in [5, 5.41) is 19.9. The Morgan fingerprint density at radius 3 is 2.75 bits per heavy atom. The molecule has 0 atom stereocenters. The molecule has 0 radical (unpaired) electrons. The van der Waals surface area contributed by atoms with Crippen LogP contribution in [0.25, 0.3) is 0 Å². The molecule has 2 rings (SSSR count). The monoisotopic (exact) mass is 311 g/mol. The maximum Gasteiger partial charge on any atom is 0.313 e. The van der Waals surface area contributed by atoms with Gasteiger partial charge in [-0.2, -0.15) is 0 Å². The van der Waals surface area contributed by atoms with Gasteiger partial charge in [0.05, 0.1) is 5.75 Å². The summed E-state index contributed by atoms with van der Waals surface area (Å²) in [6, 6.07) is 4.08. The van der Waals surface area contributed by atoms with Crippen LogP contribution in [0, 0.1) is 0 Å². The van der Waals surface area contributed by atoms with E-state index in [4.69, 9.17) is 5.11 Å². The average molecular weight is 311 g/mol. The van der Waals surface area contributed by atoms with Gasteiger partial charge < -0.3 is 9.67 Å². The molecule has 0 saturated carbocycles. The summed E-state index contributed by atoms with van der Waals surface area (Å²) in [5.74, 6) is 0.0128. The van der Waals surface area contributed by atoms with E-state index in [-0.39, 0.29) is 11.3 Å². The zero-order chi connectivity index (χ0) is 14.8. The van der Waals surface area contributed by atoms with Crippen molar-refractivity contribution >= 4 is 29.1 Å². The van der Waals surface area contributed by atoms with Crippen molar-refractivity contribution in [2.24, 2.45) is 0 Å². The summed E-state index contributed by atoms with van der Waals surface area (Å²) in [5.41, 5.74) is -0.184. The summed E-state index contributed by atoms with van der Waals surface area (Å²) < 4.78 is 2.03. The largest absolute Gasteiger partial charge is 0.481 e. The lowest BCUT2D eigenvalue weighted by molar-refractivity contribution is -0.133. The topological polar surface area (TPSA) is 68.0 Å². The molecule has 108 valence electrons. The lowest BCUT2D eigenvalue weighted by atomic mass is 10.1. The first-order valence-electron chi connectivity index (χ1n) is 6.19. The molecule has 2 aromatic heterocycles. The fraction of sp³-hybridized carbons (Fsp3) is 0.462. The average Bonchev–Trinajstić information content (AvgIpc) is 2.95. The quantitative estimate of drug-likeness (QED) is 0.860. The number of hydrogen-bond acceptors (Lipinski definition) is 5. The van der Waals surface area contributed by atoms with Crippen LogP contribution in [-0.2, 0) is 16.8 Å². The molecule has 0 aliphatic rings. The Balaban J connectivity index is 2.30. The molecule has 0 bridgehead atoms. The van der Waals surface area contributed by atoms with Crippen molar-refractivity contribution in [3.63, 3.8) is 0 Å². The van der Waals surface area contributed by atoms with Crippen molar-refractivity contribution < 1.29 is 9.90 Å². The normalized spacial score (nSPS) is 11.8. The summed E-state index contributed by atoms with van der Waals surface area (Å²) in [7, 11) is 0. The molecule has 0 unspecified atom stereocenters.